The maximum Gasteiger partial charge on any atom is 0.194 e. The lowest BCUT2D eigenvalue weighted by Gasteiger charge is -2.37. The fourth-order valence-corrected chi connectivity index (χ4v) is 3.21. The smallest absolute Gasteiger partial charge is 0.194 e. The van der Waals surface area contributed by atoms with Crippen molar-refractivity contribution in [2.45, 2.75) is 19.8 Å². The van der Waals surface area contributed by atoms with E-state index in [0.29, 0.717) is 0 Å². The van der Waals surface area contributed by atoms with Crippen LogP contribution in [0.2, 0.25) is 0 Å². The number of anilines is 1. The van der Waals surface area contributed by atoms with Gasteiger partial charge in [-0.2, -0.15) is 0 Å². The Bertz CT molecular complexity index is 689. The number of hydrogen-bond acceptors (Lipinski definition) is 4. The molecular weight excluding hydrogens is 340 g/mol. The van der Waals surface area contributed by atoms with E-state index in [1.165, 1.54) is 5.69 Å². The normalized spacial score (nSPS) is 15.1. The molecule has 1 aliphatic heterocycles. The Kier molecular flexibility index (Phi) is 7.02. The summed E-state index contributed by atoms with van der Waals surface area (Å²) in [6.07, 6.45) is 3.64. The molecule has 0 amide bonds. The average Bonchev–Trinajstić information content (AvgIpc) is 3.24. The molecule has 146 valence electrons. The lowest BCUT2D eigenvalue weighted by atomic mass is 10.2. The summed E-state index contributed by atoms with van der Waals surface area (Å²) in [5.74, 6) is 2.91. The van der Waals surface area contributed by atoms with E-state index in [-0.39, 0.29) is 0 Å². The summed E-state index contributed by atoms with van der Waals surface area (Å²) in [6, 6.07) is 12.2. The molecule has 0 unspecified atom stereocenters. The first-order valence-corrected chi connectivity index (χ1v) is 9.75. The molecule has 0 saturated carbocycles. The summed E-state index contributed by atoms with van der Waals surface area (Å²) in [5.41, 5.74) is 1.24. The SMILES string of the molecule is CCCN=C(NCCc1ccco1)N1CCN(c2ccc(OC)cc2)CC1. The molecule has 1 aromatic carbocycles. The fraction of sp³-hybridized carbons (Fsp3) is 0.476. The highest BCUT2D eigenvalue weighted by molar-refractivity contribution is 5.80. The standard InChI is InChI=1S/C21H30N4O2/c1-3-11-22-21(23-12-10-20-5-4-17-27-20)25-15-13-24(14-16-25)18-6-8-19(26-2)9-7-18/h4-9,17H,3,10-16H2,1-2H3,(H,22,23). The zero-order chi connectivity index (χ0) is 18.9. The van der Waals surface area contributed by atoms with Gasteiger partial charge in [0.05, 0.1) is 13.4 Å². The van der Waals surface area contributed by atoms with Gasteiger partial charge in [0.15, 0.2) is 5.96 Å². The van der Waals surface area contributed by atoms with E-state index >= 15 is 0 Å². The second-order valence-electron chi connectivity index (χ2n) is 6.63. The first kappa shape index (κ1) is 19.1. The van der Waals surface area contributed by atoms with Gasteiger partial charge in [-0.3, -0.25) is 4.99 Å². The summed E-state index contributed by atoms with van der Waals surface area (Å²) in [5, 5.41) is 3.51. The third-order valence-electron chi connectivity index (χ3n) is 4.74. The lowest BCUT2D eigenvalue weighted by Crippen LogP contribution is -2.53. The highest BCUT2D eigenvalue weighted by atomic mass is 16.5. The van der Waals surface area contributed by atoms with Crippen LogP contribution >= 0.6 is 0 Å². The molecule has 0 atom stereocenters. The molecule has 0 radical (unpaired) electrons. The van der Waals surface area contributed by atoms with Crippen molar-refractivity contribution in [3.8, 4) is 5.75 Å². The van der Waals surface area contributed by atoms with Crippen LogP contribution in [0.4, 0.5) is 5.69 Å². The van der Waals surface area contributed by atoms with Gasteiger partial charge in [-0.05, 0) is 42.8 Å². The average molecular weight is 370 g/mol. The van der Waals surface area contributed by atoms with E-state index in [4.69, 9.17) is 14.1 Å². The number of guanidine groups is 1. The molecule has 0 bridgehead atoms. The number of piperazine rings is 1. The zero-order valence-electron chi connectivity index (χ0n) is 16.4. The van der Waals surface area contributed by atoms with Crippen LogP contribution in [0.5, 0.6) is 5.75 Å². The van der Waals surface area contributed by atoms with Gasteiger partial charge in [0.2, 0.25) is 0 Å². The Morgan fingerprint density at radius 1 is 1.15 bits per heavy atom. The van der Waals surface area contributed by atoms with Crippen molar-refractivity contribution in [3.63, 3.8) is 0 Å². The monoisotopic (exact) mass is 370 g/mol. The van der Waals surface area contributed by atoms with Crippen molar-refractivity contribution >= 4 is 11.6 Å². The predicted molar refractivity (Wildman–Crippen MR) is 110 cm³/mol. The number of aliphatic imine (C=N–C) groups is 1. The zero-order valence-corrected chi connectivity index (χ0v) is 16.4. The quantitative estimate of drug-likeness (QED) is 0.600. The number of methoxy groups -OCH3 is 1. The van der Waals surface area contributed by atoms with Crippen LogP contribution in [-0.4, -0.2) is 57.2 Å². The van der Waals surface area contributed by atoms with Gasteiger partial charge in [-0.15, -0.1) is 0 Å². The predicted octanol–water partition coefficient (Wildman–Crippen LogP) is 3.01. The molecule has 6 heteroatoms. The third kappa shape index (κ3) is 5.42. The molecule has 1 aliphatic rings. The van der Waals surface area contributed by atoms with E-state index in [0.717, 1.165) is 69.6 Å². The number of benzene rings is 1. The summed E-state index contributed by atoms with van der Waals surface area (Å²) >= 11 is 0. The van der Waals surface area contributed by atoms with E-state index in [1.54, 1.807) is 13.4 Å². The van der Waals surface area contributed by atoms with Gasteiger partial charge in [0.25, 0.3) is 0 Å². The van der Waals surface area contributed by atoms with Crippen LogP contribution in [-0.2, 0) is 6.42 Å². The van der Waals surface area contributed by atoms with E-state index in [2.05, 4.69) is 34.2 Å². The highest BCUT2D eigenvalue weighted by Gasteiger charge is 2.20. The topological polar surface area (TPSA) is 53.2 Å². The van der Waals surface area contributed by atoms with Crippen LogP contribution in [0.15, 0.2) is 52.1 Å². The first-order chi connectivity index (χ1) is 13.3. The first-order valence-electron chi connectivity index (χ1n) is 9.75. The van der Waals surface area contributed by atoms with Gasteiger partial charge in [-0.25, -0.2) is 0 Å². The number of nitrogens with zero attached hydrogens (tertiary/aromatic N) is 3. The number of ether oxygens (including phenoxy) is 1. The maximum atomic E-state index is 5.41. The fourth-order valence-electron chi connectivity index (χ4n) is 3.21. The van der Waals surface area contributed by atoms with Crippen molar-refractivity contribution < 1.29 is 9.15 Å². The number of nitrogens with one attached hydrogen (secondary N) is 1. The number of hydrogen-bond donors (Lipinski definition) is 1. The molecule has 0 aliphatic carbocycles. The minimum Gasteiger partial charge on any atom is -0.497 e. The molecule has 27 heavy (non-hydrogen) atoms. The Labute approximate surface area is 161 Å². The Balaban J connectivity index is 1.53. The van der Waals surface area contributed by atoms with Crippen LogP contribution in [0, 0.1) is 0 Å². The second kappa shape index (κ2) is 9.90. The van der Waals surface area contributed by atoms with Crippen LogP contribution in [0.1, 0.15) is 19.1 Å². The summed E-state index contributed by atoms with van der Waals surface area (Å²) in [7, 11) is 1.70. The van der Waals surface area contributed by atoms with E-state index < -0.39 is 0 Å². The molecule has 0 spiro atoms. The number of rotatable bonds is 7. The number of furan rings is 1. The van der Waals surface area contributed by atoms with Crippen molar-refractivity contribution in [1.29, 1.82) is 0 Å². The maximum absolute atomic E-state index is 5.41. The van der Waals surface area contributed by atoms with Gasteiger partial charge < -0.3 is 24.3 Å². The largest absolute Gasteiger partial charge is 0.497 e. The molecule has 1 saturated heterocycles. The Morgan fingerprint density at radius 2 is 1.93 bits per heavy atom. The van der Waals surface area contributed by atoms with Gasteiger partial charge >= 0.3 is 0 Å². The molecule has 2 heterocycles. The summed E-state index contributed by atoms with van der Waals surface area (Å²) in [4.78, 5) is 9.54. The lowest BCUT2D eigenvalue weighted by molar-refractivity contribution is 0.371. The molecular formula is C21H30N4O2. The van der Waals surface area contributed by atoms with Gasteiger partial charge in [0.1, 0.15) is 11.5 Å². The van der Waals surface area contributed by atoms with Crippen LogP contribution < -0.4 is 15.0 Å². The van der Waals surface area contributed by atoms with Crippen LogP contribution in [0.3, 0.4) is 0 Å². The third-order valence-corrected chi connectivity index (χ3v) is 4.74. The molecule has 1 aromatic heterocycles. The minimum atomic E-state index is 0.828. The molecule has 3 rings (SSSR count). The summed E-state index contributed by atoms with van der Waals surface area (Å²) < 4.78 is 10.7. The minimum absolute atomic E-state index is 0.828. The van der Waals surface area contributed by atoms with Crippen molar-refractivity contribution in [3.05, 3.63) is 48.4 Å². The van der Waals surface area contributed by atoms with Gasteiger partial charge in [-0.1, -0.05) is 6.92 Å². The molecule has 6 nitrogen and oxygen atoms in total. The Morgan fingerprint density at radius 3 is 2.56 bits per heavy atom. The summed E-state index contributed by atoms with van der Waals surface area (Å²) in [6.45, 7) is 7.72. The van der Waals surface area contributed by atoms with E-state index in [1.807, 2.05) is 24.3 Å². The van der Waals surface area contributed by atoms with Crippen molar-refractivity contribution in [2.24, 2.45) is 4.99 Å². The van der Waals surface area contributed by atoms with Crippen LogP contribution in [0.25, 0.3) is 0 Å². The molecule has 1 fully saturated rings. The van der Waals surface area contributed by atoms with Gasteiger partial charge in [0, 0.05) is 51.4 Å². The molecule has 1 N–H and O–H groups in total. The molecule has 2 aromatic rings. The highest BCUT2D eigenvalue weighted by Crippen LogP contribution is 2.20. The van der Waals surface area contributed by atoms with E-state index in [9.17, 15) is 0 Å². The van der Waals surface area contributed by atoms with Crippen molar-refractivity contribution in [1.82, 2.24) is 10.2 Å². The Hall–Kier alpha value is -2.63. The second-order valence-corrected chi connectivity index (χ2v) is 6.63. The van der Waals surface area contributed by atoms with Crippen molar-refractivity contribution in [2.75, 3.05) is 51.3 Å².